The highest BCUT2D eigenvalue weighted by atomic mass is 32.2. The van der Waals surface area contributed by atoms with Gasteiger partial charge in [0.05, 0.1) is 24.4 Å². The first-order valence-electron chi connectivity index (χ1n) is 11.1. The summed E-state index contributed by atoms with van der Waals surface area (Å²) in [6.45, 7) is 0. The summed E-state index contributed by atoms with van der Waals surface area (Å²) in [6, 6.07) is 7.55. The lowest BCUT2D eigenvalue weighted by Crippen LogP contribution is -2.49. The minimum atomic E-state index is -3.06. The predicted molar refractivity (Wildman–Crippen MR) is 124 cm³/mol. The molecule has 1 saturated heterocycles. The van der Waals surface area contributed by atoms with Crippen LogP contribution in [0.3, 0.4) is 0 Å². The lowest BCUT2D eigenvalue weighted by atomic mass is 9.93. The number of hydrogen-bond acceptors (Lipinski definition) is 7. The second-order valence-corrected chi connectivity index (χ2v) is 11.7. The smallest absolute Gasteiger partial charge is 0.233 e. The van der Waals surface area contributed by atoms with Crippen molar-refractivity contribution in [2.24, 2.45) is 7.05 Å². The number of amides is 1. The number of benzene rings is 1. The summed E-state index contributed by atoms with van der Waals surface area (Å²) in [6.07, 6.45) is 5.82. The van der Waals surface area contributed by atoms with Gasteiger partial charge in [-0.25, -0.2) is 8.42 Å². The van der Waals surface area contributed by atoms with E-state index >= 15 is 0 Å². The molecule has 1 saturated carbocycles. The summed E-state index contributed by atoms with van der Waals surface area (Å²) < 4.78 is 31.3. The maximum absolute atomic E-state index is 13.3. The standard InChI is InChI=1S/C22H30N4O4S2/c1-25-21(16-7-6-10-19(13-16)30-2)23-24-22(25)31-14-20(27)26(17-8-4-3-5-9-17)18-11-12-32(28,29)15-18/h6-7,10,13,17-18H,3-5,8-9,11-12,14-15H2,1-2H3. The van der Waals surface area contributed by atoms with Crippen molar-refractivity contribution in [2.75, 3.05) is 24.4 Å². The van der Waals surface area contributed by atoms with E-state index < -0.39 is 9.84 Å². The Hall–Kier alpha value is -2.07. The van der Waals surface area contributed by atoms with E-state index in [2.05, 4.69) is 10.2 Å². The molecule has 2 aliphatic rings. The van der Waals surface area contributed by atoms with E-state index in [9.17, 15) is 13.2 Å². The monoisotopic (exact) mass is 478 g/mol. The van der Waals surface area contributed by atoms with Crippen molar-refractivity contribution in [1.82, 2.24) is 19.7 Å². The maximum Gasteiger partial charge on any atom is 0.233 e. The van der Waals surface area contributed by atoms with Gasteiger partial charge in [-0.1, -0.05) is 43.2 Å². The fraction of sp³-hybridized carbons (Fsp3) is 0.591. The van der Waals surface area contributed by atoms with Crippen LogP contribution in [0.4, 0.5) is 0 Å². The molecule has 0 spiro atoms. The number of methoxy groups -OCH3 is 1. The first-order chi connectivity index (χ1) is 15.4. The summed E-state index contributed by atoms with van der Waals surface area (Å²) in [7, 11) is 0.443. The Balaban J connectivity index is 1.48. The van der Waals surface area contributed by atoms with Gasteiger partial charge in [-0.05, 0) is 31.4 Å². The number of aromatic nitrogens is 3. The minimum absolute atomic E-state index is 0.00469. The molecule has 2 fully saturated rings. The minimum Gasteiger partial charge on any atom is -0.497 e. The number of nitrogens with zero attached hydrogens (tertiary/aromatic N) is 4. The van der Waals surface area contributed by atoms with Gasteiger partial charge in [-0.3, -0.25) is 4.79 Å². The first-order valence-corrected chi connectivity index (χ1v) is 13.9. The van der Waals surface area contributed by atoms with E-state index in [0.29, 0.717) is 17.4 Å². The number of sulfone groups is 1. The molecule has 1 atom stereocenters. The zero-order chi connectivity index (χ0) is 22.7. The summed E-state index contributed by atoms with van der Waals surface area (Å²) >= 11 is 1.35. The second kappa shape index (κ2) is 9.82. The fourth-order valence-electron chi connectivity index (χ4n) is 4.71. The molecule has 1 amide bonds. The third-order valence-electron chi connectivity index (χ3n) is 6.35. The highest BCUT2D eigenvalue weighted by molar-refractivity contribution is 7.99. The lowest BCUT2D eigenvalue weighted by Gasteiger charge is -2.38. The SMILES string of the molecule is COc1cccc(-c2nnc(SCC(=O)N(C3CCCCC3)C3CCS(=O)(=O)C3)n2C)c1. The van der Waals surface area contributed by atoms with Crippen LogP contribution in [0.25, 0.3) is 11.4 Å². The van der Waals surface area contributed by atoms with Gasteiger partial charge in [0.25, 0.3) is 0 Å². The number of carbonyl (C=O) groups is 1. The van der Waals surface area contributed by atoms with Crippen LogP contribution >= 0.6 is 11.8 Å². The Morgan fingerprint density at radius 2 is 1.97 bits per heavy atom. The van der Waals surface area contributed by atoms with Crippen LogP contribution in [0.5, 0.6) is 5.75 Å². The molecule has 0 N–H and O–H groups in total. The average Bonchev–Trinajstić information content (AvgIpc) is 3.34. The highest BCUT2D eigenvalue weighted by Crippen LogP contribution is 2.30. The summed E-state index contributed by atoms with van der Waals surface area (Å²) in [5.74, 6) is 1.92. The zero-order valence-corrected chi connectivity index (χ0v) is 20.2. The van der Waals surface area contributed by atoms with E-state index in [0.717, 1.165) is 37.0 Å². The molecule has 2 aromatic rings. The molecule has 0 bridgehead atoms. The van der Waals surface area contributed by atoms with Crippen LogP contribution in [0.2, 0.25) is 0 Å². The highest BCUT2D eigenvalue weighted by Gasteiger charge is 2.38. The Kier molecular flexibility index (Phi) is 7.09. The van der Waals surface area contributed by atoms with Gasteiger partial charge in [0.2, 0.25) is 5.91 Å². The van der Waals surface area contributed by atoms with Crippen LogP contribution in [0.1, 0.15) is 38.5 Å². The molecule has 0 radical (unpaired) electrons. The van der Waals surface area contributed by atoms with Crippen LogP contribution in [0.15, 0.2) is 29.4 Å². The third kappa shape index (κ3) is 5.11. The van der Waals surface area contributed by atoms with E-state index in [1.807, 2.05) is 40.8 Å². The molecule has 2 heterocycles. The van der Waals surface area contributed by atoms with E-state index in [-0.39, 0.29) is 35.2 Å². The first kappa shape index (κ1) is 23.1. The second-order valence-electron chi connectivity index (χ2n) is 8.54. The Morgan fingerprint density at radius 3 is 2.66 bits per heavy atom. The van der Waals surface area contributed by atoms with Crippen molar-refractivity contribution in [3.05, 3.63) is 24.3 Å². The molecular weight excluding hydrogens is 448 g/mol. The van der Waals surface area contributed by atoms with Gasteiger partial charge in [0.15, 0.2) is 20.8 Å². The molecule has 10 heteroatoms. The zero-order valence-electron chi connectivity index (χ0n) is 18.6. The Labute approximate surface area is 193 Å². The quantitative estimate of drug-likeness (QED) is 0.565. The van der Waals surface area contributed by atoms with Crippen molar-refractivity contribution >= 4 is 27.5 Å². The van der Waals surface area contributed by atoms with Gasteiger partial charge in [-0.2, -0.15) is 0 Å². The lowest BCUT2D eigenvalue weighted by molar-refractivity contribution is -0.133. The van der Waals surface area contributed by atoms with Crippen LogP contribution in [0, 0.1) is 0 Å². The summed E-state index contributed by atoms with van der Waals surface area (Å²) in [5, 5.41) is 9.24. The molecule has 8 nitrogen and oxygen atoms in total. The number of hydrogen-bond donors (Lipinski definition) is 0. The number of thioether (sulfide) groups is 1. The molecule has 1 aliphatic carbocycles. The summed E-state index contributed by atoms with van der Waals surface area (Å²) in [4.78, 5) is 15.2. The largest absolute Gasteiger partial charge is 0.497 e. The molecule has 32 heavy (non-hydrogen) atoms. The van der Waals surface area contributed by atoms with Crippen molar-refractivity contribution < 1.29 is 17.9 Å². The third-order valence-corrected chi connectivity index (χ3v) is 9.10. The Morgan fingerprint density at radius 1 is 1.19 bits per heavy atom. The van der Waals surface area contributed by atoms with E-state index in [1.165, 1.54) is 18.2 Å². The molecular formula is C22H30N4O4S2. The molecule has 1 aliphatic heterocycles. The number of rotatable bonds is 7. The van der Waals surface area contributed by atoms with Crippen molar-refractivity contribution in [3.63, 3.8) is 0 Å². The number of carbonyl (C=O) groups excluding carboxylic acids is 1. The van der Waals surface area contributed by atoms with Gasteiger partial charge in [-0.15, -0.1) is 10.2 Å². The van der Waals surface area contributed by atoms with Crippen LogP contribution in [-0.4, -0.2) is 70.4 Å². The molecule has 1 aromatic carbocycles. The molecule has 4 rings (SSSR count). The van der Waals surface area contributed by atoms with Crippen molar-refractivity contribution in [3.8, 4) is 17.1 Å². The normalized spacial score (nSPS) is 20.9. The average molecular weight is 479 g/mol. The Bertz CT molecular complexity index is 1060. The molecule has 1 aromatic heterocycles. The van der Waals surface area contributed by atoms with Gasteiger partial charge >= 0.3 is 0 Å². The molecule has 1 unspecified atom stereocenters. The van der Waals surface area contributed by atoms with Crippen LogP contribution in [-0.2, 0) is 21.7 Å². The topological polar surface area (TPSA) is 94.4 Å². The molecule has 174 valence electrons. The fourth-order valence-corrected chi connectivity index (χ4v) is 7.21. The van der Waals surface area contributed by atoms with Crippen molar-refractivity contribution in [2.45, 2.75) is 55.8 Å². The van der Waals surface area contributed by atoms with Crippen molar-refractivity contribution in [1.29, 1.82) is 0 Å². The van der Waals surface area contributed by atoms with Gasteiger partial charge in [0, 0.05) is 24.7 Å². The van der Waals surface area contributed by atoms with Gasteiger partial charge in [0.1, 0.15) is 5.75 Å². The predicted octanol–water partition coefficient (Wildman–Crippen LogP) is 2.93. The van der Waals surface area contributed by atoms with Gasteiger partial charge < -0.3 is 14.2 Å². The van der Waals surface area contributed by atoms with Crippen LogP contribution < -0.4 is 4.74 Å². The van der Waals surface area contributed by atoms with E-state index in [4.69, 9.17) is 4.74 Å². The van der Waals surface area contributed by atoms with E-state index in [1.54, 1.807) is 7.11 Å². The summed E-state index contributed by atoms with van der Waals surface area (Å²) in [5.41, 5.74) is 0.887. The number of ether oxygens (including phenoxy) is 1. The maximum atomic E-state index is 13.3.